The van der Waals surface area contributed by atoms with Crippen LogP contribution in [0.15, 0.2) is 84.9 Å². The molecular formula is C26H29NO3S. The number of benzene rings is 3. The summed E-state index contributed by atoms with van der Waals surface area (Å²) < 4.78 is 31.6. The maximum Gasteiger partial charge on any atom is 0.264 e. The summed E-state index contributed by atoms with van der Waals surface area (Å²) in [7, 11) is -3.94. The first kappa shape index (κ1) is 21.8. The summed E-state index contributed by atoms with van der Waals surface area (Å²) in [4.78, 5) is 2.35. The molecule has 0 amide bonds. The Morgan fingerprint density at radius 1 is 0.806 bits per heavy atom. The Balaban J connectivity index is 1.71. The molecule has 4 rings (SSSR count). The molecule has 0 fully saturated rings. The lowest BCUT2D eigenvalue weighted by atomic mass is 9.67. The van der Waals surface area contributed by atoms with Crippen LogP contribution in [-0.2, 0) is 34.9 Å². The first-order chi connectivity index (χ1) is 14.9. The maximum absolute atomic E-state index is 11.2. The highest BCUT2D eigenvalue weighted by Crippen LogP contribution is 2.39. The van der Waals surface area contributed by atoms with Crippen molar-refractivity contribution in [3.8, 4) is 0 Å². The molecule has 1 heterocycles. The van der Waals surface area contributed by atoms with E-state index in [1.807, 2.05) is 12.1 Å². The van der Waals surface area contributed by atoms with E-state index in [-0.39, 0.29) is 11.2 Å². The molecule has 0 aliphatic carbocycles. The SMILES string of the molecule is O=S(=O)(O)CCCN1Cc2ccccc2C(Cc2ccccc2)(Cc2ccccc2)C1. The van der Waals surface area contributed by atoms with Gasteiger partial charge < -0.3 is 0 Å². The van der Waals surface area contributed by atoms with Crippen molar-refractivity contribution in [2.45, 2.75) is 31.2 Å². The molecule has 0 atom stereocenters. The second kappa shape index (κ2) is 9.35. The van der Waals surface area contributed by atoms with Gasteiger partial charge in [0.2, 0.25) is 0 Å². The fourth-order valence-electron chi connectivity index (χ4n) is 4.95. The van der Waals surface area contributed by atoms with Crippen molar-refractivity contribution < 1.29 is 13.0 Å². The topological polar surface area (TPSA) is 57.6 Å². The maximum atomic E-state index is 11.2. The van der Waals surface area contributed by atoms with E-state index < -0.39 is 10.1 Å². The fraction of sp³-hybridized carbons (Fsp3) is 0.308. The van der Waals surface area contributed by atoms with Gasteiger partial charge in [0.15, 0.2) is 0 Å². The summed E-state index contributed by atoms with van der Waals surface area (Å²) in [5.74, 6) is -0.199. The van der Waals surface area contributed by atoms with Crippen LogP contribution in [0.1, 0.15) is 28.7 Å². The van der Waals surface area contributed by atoms with Crippen LogP contribution in [0.25, 0.3) is 0 Å². The molecule has 4 nitrogen and oxygen atoms in total. The van der Waals surface area contributed by atoms with Gasteiger partial charge in [-0.3, -0.25) is 9.45 Å². The average Bonchev–Trinajstić information content (AvgIpc) is 2.74. The third kappa shape index (κ3) is 5.62. The van der Waals surface area contributed by atoms with Gasteiger partial charge in [-0.05, 0) is 48.1 Å². The van der Waals surface area contributed by atoms with E-state index in [4.69, 9.17) is 4.55 Å². The van der Waals surface area contributed by atoms with Gasteiger partial charge in [0.25, 0.3) is 10.1 Å². The monoisotopic (exact) mass is 435 g/mol. The molecule has 0 bridgehead atoms. The van der Waals surface area contributed by atoms with Crippen LogP contribution >= 0.6 is 0 Å². The van der Waals surface area contributed by atoms with E-state index in [1.165, 1.54) is 22.3 Å². The minimum absolute atomic E-state index is 0.115. The molecule has 0 aromatic heterocycles. The first-order valence-electron chi connectivity index (χ1n) is 10.8. The molecule has 162 valence electrons. The predicted octanol–water partition coefficient (Wildman–Crippen LogP) is 4.50. The van der Waals surface area contributed by atoms with E-state index in [2.05, 4.69) is 77.7 Å². The normalized spacial score (nSPS) is 16.0. The van der Waals surface area contributed by atoms with Crippen molar-refractivity contribution in [1.29, 1.82) is 0 Å². The highest BCUT2D eigenvalue weighted by atomic mass is 32.2. The van der Waals surface area contributed by atoms with Crippen LogP contribution in [0.4, 0.5) is 0 Å². The number of hydrogen-bond acceptors (Lipinski definition) is 3. The summed E-state index contributed by atoms with van der Waals surface area (Å²) in [6.45, 7) is 2.28. The third-order valence-corrected chi connectivity index (χ3v) is 6.96. The Morgan fingerprint density at radius 3 is 1.94 bits per heavy atom. The summed E-state index contributed by atoms with van der Waals surface area (Å²) in [5.41, 5.74) is 5.16. The number of nitrogens with zero attached hydrogens (tertiary/aromatic N) is 1. The van der Waals surface area contributed by atoms with E-state index >= 15 is 0 Å². The fourth-order valence-corrected chi connectivity index (χ4v) is 5.45. The molecule has 1 aliphatic heterocycles. The molecule has 0 spiro atoms. The minimum atomic E-state index is -3.94. The van der Waals surface area contributed by atoms with Crippen molar-refractivity contribution in [2.24, 2.45) is 0 Å². The van der Waals surface area contributed by atoms with E-state index in [0.717, 1.165) is 25.9 Å². The Bertz CT molecular complexity index is 1060. The van der Waals surface area contributed by atoms with E-state index in [9.17, 15) is 8.42 Å². The smallest absolute Gasteiger partial charge is 0.264 e. The molecule has 1 N–H and O–H groups in total. The second-order valence-electron chi connectivity index (χ2n) is 8.61. The summed E-state index contributed by atoms with van der Waals surface area (Å²) in [5, 5.41) is 0. The number of rotatable bonds is 8. The lowest BCUT2D eigenvalue weighted by Gasteiger charge is -2.45. The van der Waals surface area contributed by atoms with Crippen LogP contribution in [0.5, 0.6) is 0 Å². The van der Waals surface area contributed by atoms with Crippen molar-refractivity contribution in [1.82, 2.24) is 4.90 Å². The van der Waals surface area contributed by atoms with Crippen molar-refractivity contribution >= 4 is 10.1 Å². The average molecular weight is 436 g/mol. The summed E-state index contributed by atoms with van der Waals surface area (Å²) >= 11 is 0. The molecule has 0 saturated heterocycles. The standard InChI is InChI=1S/C26H29NO3S/c28-31(29,30)17-9-16-27-20-24-14-7-8-15-25(24)26(21-27,18-22-10-3-1-4-11-22)19-23-12-5-2-6-13-23/h1-8,10-15H,9,16-21H2,(H,28,29,30). The lowest BCUT2D eigenvalue weighted by molar-refractivity contribution is 0.172. The first-order valence-corrected chi connectivity index (χ1v) is 12.4. The van der Waals surface area contributed by atoms with Crippen LogP contribution in [-0.4, -0.2) is 36.7 Å². The van der Waals surface area contributed by atoms with Crippen molar-refractivity contribution in [3.63, 3.8) is 0 Å². The number of fused-ring (bicyclic) bond motifs is 1. The molecule has 3 aromatic carbocycles. The minimum Gasteiger partial charge on any atom is -0.298 e. The molecule has 0 radical (unpaired) electrons. The molecule has 5 heteroatoms. The molecular weight excluding hydrogens is 406 g/mol. The lowest BCUT2D eigenvalue weighted by Crippen LogP contribution is -2.49. The van der Waals surface area contributed by atoms with E-state index in [1.54, 1.807) is 0 Å². The largest absolute Gasteiger partial charge is 0.298 e. The molecule has 1 aliphatic rings. The zero-order valence-electron chi connectivity index (χ0n) is 17.7. The van der Waals surface area contributed by atoms with E-state index in [0.29, 0.717) is 13.0 Å². The van der Waals surface area contributed by atoms with Gasteiger partial charge in [-0.15, -0.1) is 0 Å². The second-order valence-corrected chi connectivity index (χ2v) is 10.2. The summed E-state index contributed by atoms with van der Waals surface area (Å²) in [6.07, 6.45) is 2.25. The third-order valence-electron chi connectivity index (χ3n) is 6.16. The van der Waals surface area contributed by atoms with Gasteiger partial charge in [0.1, 0.15) is 0 Å². The van der Waals surface area contributed by atoms with Gasteiger partial charge in [-0.2, -0.15) is 8.42 Å². The zero-order chi connectivity index (χ0) is 21.7. The highest BCUT2D eigenvalue weighted by Gasteiger charge is 2.39. The highest BCUT2D eigenvalue weighted by molar-refractivity contribution is 7.85. The van der Waals surface area contributed by atoms with Gasteiger partial charge in [0, 0.05) is 18.5 Å². The van der Waals surface area contributed by atoms with Gasteiger partial charge in [-0.1, -0.05) is 84.9 Å². The number of hydrogen-bond donors (Lipinski definition) is 1. The van der Waals surface area contributed by atoms with Crippen molar-refractivity contribution in [2.75, 3.05) is 18.8 Å². The summed E-state index contributed by atoms with van der Waals surface area (Å²) in [6, 6.07) is 29.8. The Labute approximate surface area is 185 Å². The van der Waals surface area contributed by atoms with Gasteiger partial charge >= 0.3 is 0 Å². The zero-order valence-corrected chi connectivity index (χ0v) is 18.5. The molecule has 31 heavy (non-hydrogen) atoms. The van der Waals surface area contributed by atoms with Crippen molar-refractivity contribution in [3.05, 3.63) is 107 Å². The Kier molecular flexibility index (Phi) is 6.56. The van der Waals surface area contributed by atoms with Gasteiger partial charge in [0.05, 0.1) is 5.75 Å². The Hall–Kier alpha value is -2.47. The molecule has 0 saturated carbocycles. The van der Waals surface area contributed by atoms with Crippen LogP contribution in [0, 0.1) is 0 Å². The predicted molar refractivity (Wildman–Crippen MR) is 125 cm³/mol. The Morgan fingerprint density at radius 2 is 1.35 bits per heavy atom. The van der Waals surface area contributed by atoms with Gasteiger partial charge in [-0.25, -0.2) is 0 Å². The van der Waals surface area contributed by atoms with Crippen LogP contribution < -0.4 is 0 Å². The molecule has 3 aromatic rings. The molecule has 0 unspecified atom stereocenters. The van der Waals surface area contributed by atoms with Crippen LogP contribution in [0.2, 0.25) is 0 Å². The quantitative estimate of drug-likeness (QED) is 0.529. The van der Waals surface area contributed by atoms with Crippen LogP contribution in [0.3, 0.4) is 0 Å².